The summed E-state index contributed by atoms with van der Waals surface area (Å²) in [5.74, 6) is -11.0. The second-order valence-electron chi connectivity index (χ2n) is 10.3. The third kappa shape index (κ3) is 13.7. The zero-order valence-corrected chi connectivity index (χ0v) is 25.9. The second kappa shape index (κ2) is 21.0. The maximum Gasteiger partial charge on any atom is 0.338 e. The number of carboxylic acids is 3. The van der Waals surface area contributed by atoms with Crippen molar-refractivity contribution < 1.29 is 82.2 Å². The molecule has 5 aliphatic rings. The van der Waals surface area contributed by atoms with Gasteiger partial charge in [0.2, 0.25) is 0 Å². The number of fused-ring (bicyclic) bond motifs is 2. The normalized spacial score (nSPS) is 23.2. The fraction of sp³-hybridized carbons (Fsp3) is 0.375. The molecule has 2 saturated heterocycles. The standard InChI is InChI=1S/C8H10O8.2C8H8O3.C4H2O3.C4H6/c9-3-16-2-5(8(14)15)4(7(12)13)1-6(10)11;2*9-7-5-3-1-2-4-6(5)8(10)11-7;5-3-1-2-4(6)7-3;1-3-4-2/h3-5H,1-2H2,(H,10,11)(H,12,13)(H,14,15);2*1-2,5-6H,3-4H2;1-2H;3-4H,1-2H2. The van der Waals surface area contributed by atoms with Crippen molar-refractivity contribution in [1.82, 2.24) is 0 Å². The van der Waals surface area contributed by atoms with Gasteiger partial charge in [0.15, 0.2) is 0 Å². The van der Waals surface area contributed by atoms with Crippen LogP contribution < -0.4 is 0 Å². The molecular formula is C32H34O17. The lowest BCUT2D eigenvalue weighted by atomic mass is 9.85. The average molecular weight is 691 g/mol. The topological polar surface area (TPSA) is 268 Å². The van der Waals surface area contributed by atoms with Gasteiger partial charge in [0.1, 0.15) is 12.5 Å². The number of hydrogen-bond donors (Lipinski definition) is 3. The van der Waals surface area contributed by atoms with Crippen molar-refractivity contribution in [2.75, 3.05) is 6.61 Å². The lowest BCUT2D eigenvalue weighted by Crippen LogP contribution is -2.34. The van der Waals surface area contributed by atoms with E-state index in [9.17, 15) is 47.9 Å². The molecule has 3 aliphatic heterocycles. The Morgan fingerprint density at radius 3 is 1.24 bits per heavy atom. The van der Waals surface area contributed by atoms with Crippen LogP contribution in [0.15, 0.2) is 61.8 Å². The highest BCUT2D eigenvalue weighted by atomic mass is 16.6. The molecule has 0 spiro atoms. The fourth-order valence-corrected chi connectivity index (χ4v) is 4.57. The molecule has 2 aliphatic carbocycles. The Balaban J connectivity index is 0.000000323. The number of rotatable bonds is 9. The maximum atomic E-state index is 10.9. The monoisotopic (exact) mass is 690 g/mol. The number of carbonyl (C=O) groups is 10. The molecule has 17 heteroatoms. The number of esters is 6. The lowest BCUT2D eigenvalue weighted by molar-refractivity contribution is -0.160. The summed E-state index contributed by atoms with van der Waals surface area (Å²) in [6.07, 6.45) is 15.0. The molecule has 5 rings (SSSR count). The molecule has 6 atom stereocenters. The summed E-state index contributed by atoms with van der Waals surface area (Å²) in [6, 6.07) is 0. The van der Waals surface area contributed by atoms with Crippen LogP contribution in [0.4, 0.5) is 0 Å². The largest absolute Gasteiger partial charge is 0.481 e. The van der Waals surface area contributed by atoms with Crippen LogP contribution in [0.1, 0.15) is 32.1 Å². The fourth-order valence-electron chi connectivity index (χ4n) is 4.57. The van der Waals surface area contributed by atoms with Crippen LogP contribution in [0.2, 0.25) is 0 Å². The Labute approximate surface area is 278 Å². The van der Waals surface area contributed by atoms with E-state index in [1.165, 1.54) is 0 Å². The number of cyclic esters (lactones) is 6. The van der Waals surface area contributed by atoms with Crippen LogP contribution in [0, 0.1) is 35.5 Å². The predicted molar refractivity (Wildman–Crippen MR) is 160 cm³/mol. The van der Waals surface area contributed by atoms with E-state index in [2.05, 4.69) is 32.1 Å². The van der Waals surface area contributed by atoms with E-state index in [1.54, 1.807) is 12.2 Å². The summed E-state index contributed by atoms with van der Waals surface area (Å²) >= 11 is 0. The molecule has 49 heavy (non-hydrogen) atoms. The first kappa shape index (κ1) is 41.0. The van der Waals surface area contributed by atoms with E-state index in [1.807, 2.05) is 24.3 Å². The van der Waals surface area contributed by atoms with E-state index < -0.39 is 54.7 Å². The number of aliphatic carboxylic acids is 3. The van der Waals surface area contributed by atoms with Crippen LogP contribution in [0.3, 0.4) is 0 Å². The van der Waals surface area contributed by atoms with Crippen molar-refractivity contribution in [2.45, 2.75) is 32.1 Å². The van der Waals surface area contributed by atoms with Crippen molar-refractivity contribution in [3.63, 3.8) is 0 Å². The van der Waals surface area contributed by atoms with Crippen molar-refractivity contribution in [1.29, 1.82) is 0 Å². The summed E-state index contributed by atoms with van der Waals surface area (Å²) in [6.45, 7) is 6.01. The number of ether oxygens (including phenoxy) is 4. The Morgan fingerprint density at radius 1 is 0.673 bits per heavy atom. The number of carbonyl (C=O) groups excluding carboxylic acids is 7. The van der Waals surface area contributed by atoms with Crippen LogP contribution in [0.25, 0.3) is 0 Å². The van der Waals surface area contributed by atoms with E-state index in [4.69, 9.17) is 15.3 Å². The molecule has 0 radical (unpaired) electrons. The van der Waals surface area contributed by atoms with Gasteiger partial charge >= 0.3 is 53.7 Å². The highest BCUT2D eigenvalue weighted by molar-refractivity contribution is 6.05. The van der Waals surface area contributed by atoms with Gasteiger partial charge in [-0.15, -0.1) is 0 Å². The number of carboxylic acid groups (broad SMARTS) is 3. The third-order valence-electron chi connectivity index (χ3n) is 7.06. The Bertz CT molecular complexity index is 1300. The molecule has 0 bridgehead atoms. The molecule has 0 amide bonds. The van der Waals surface area contributed by atoms with Crippen LogP contribution in [0.5, 0.6) is 0 Å². The summed E-state index contributed by atoms with van der Waals surface area (Å²) in [5, 5.41) is 25.8. The van der Waals surface area contributed by atoms with E-state index in [0.29, 0.717) is 25.7 Å². The van der Waals surface area contributed by atoms with Crippen LogP contribution in [-0.4, -0.2) is 82.1 Å². The first-order valence-electron chi connectivity index (χ1n) is 14.4. The van der Waals surface area contributed by atoms with E-state index in [0.717, 1.165) is 12.2 Å². The van der Waals surface area contributed by atoms with Gasteiger partial charge in [-0.1, -0.05) is 49.6 Å². The van der Waals surface area contributed by atoms with E-state index >= 15 is 0 Å². The molecule has 0 saturated carbocycles. The third-order valence-corrected chi connectivity index (χ3v) is 7.06. The number of allylic oxidation sites excluding steroid dienone is 6. The zero-order chi connectivity index (χ0) is 37.1. The quantitative estimate of drug-likeness (QED) is 0.0768. The molecular weight excluding hydrogens is 656 g/mol. The van der Waals surface area contributed by atoms with Gasteiger partial charge in [0.05, 0.1) is 36.0 Å². The summed E-state index contributed by atoms with van der Waals surface area (Å²) in [4.78, 5) is 105. The minimum Gasteiger partial charge on any atom is -0.481 e. The Morgan fingerprint density at radius 2 is 1.02 bits per heavy atom. The molecule has 0 aromatic rings. The molecule has 264 valence electrons. The van der Waals surface area contributed by atoms with Gasteiger partial charge in [-0.3, -0.25) is 38.4 Å². The molecule has 3 heterocycles. The average Bonchev–Trinajstić information content (AvgIpc) is 3.70. The smallest absolute Gasteiger partial charge is 0.338 e. The van der Waals surface area contributed by atoms with Crippen LogP contribution >= 0.6 is 0 Å². The van der Waals surface area contributed by atoms with Crippen molar-refractivity contribution >= 4 is 60.2 Å². The number of hydrogen-bond acceptors (Lipinski definition) is 14. The Kier molecular flexibility index (Phi) is 17.6. The maximum absolute atomic E-state index is 10.9. The van der Waals surface area contributed by atoms with Crippen molar-refractivity contribution in [2.24, 2.45) is 35.5 Å². The summed E-state index contributed by atoms with van der Waals surface area (Å²) in [7, 11) is 0. The SMILES string of the molecule is C=CC=C.O=C1C=CC(=O)O1.O=C1OC(=O)C2CC=CCC12.O=C1OC(=O)C2CC=CCC12.O=COCC(C(=O)O)C(CC(=O)O)C(=O)O. The molecule has 17 nitrogen and oxygen atoms in total. The molecule has 0 aromatic heterocycles. The van der Waals surface area contributed by atoms with Gasteiger partial charge < -0.3 is 34.3 Å². The first-order chi connectivity index (χ1) is 23.2. The highest BCUT2D eigenvalue weighted by Crippen LogP contribution is 2.33. The summed E-state index contributed by atoms with van der Waals surface area (Å²) < 4.78 is 17.1. The van der Waals surface area contributed by atoms with Gasteiger partial charge in [-0.05, 0) is 25.7 Å². The highest BCUT2D eigenvalue weighted by Gasteiger charge is 2.44. The van der Waals surface area contributed by atoms with Crippen molar-refractivity contribution in [3.05, 3.63) is 61.8 Å². The second-order valence-corrected chi connectivity index (χ2v) is 10.3. The molecule has 0 aromatic carbocycles. The molecule has 3 N–H and O–H groups in total. The summed E-state index contributed by atoms with van der Waals surface area (Å²) in [5.41, 5.74) is 0. The van der Waals surface area contributed by atoms with Crippen molar-refractivity contribution in [3.8, 4) is 0 Å². The Hall–Kier alpha value is -6.00. The van der Waals surface area contributed by atoms with Gasteiger partial charge in [0.25, 0.3) is 6.47 Å². The zero-order valence-electron chi connectivity index (χ0n) is 25.9. The first-order valence-corrected chi connectivity index (χ1v) is 14.4. The molecule has 2 fully saturated rings. The van der Waals surface area contributed by atoms with Gasteiger partial charge in [-0.2, -0.15) is 0 Å². The predicted octanol–water partition coefficient (Wildman–Crippen LogP) is 1.32. The minimum absolute atomic E-state index is 0.0321. The van der Waals surface area contributed by atoms with Gasteiger partial charge in [0, 0.05) is 12.2 Å². The van der Waals surface area contributed by atoms with Gasteiger partial charge in [-0.25, -0.2) is 9.59 Å². The van der Waals surface area contributed by atoms with Crippen LogP contribution in [-0.2, 0) is 66.9 Å². The minimum atomic E-state index is -1.64. The lowest BCUT2D eigenvalue weighted by Gasteiger charge is -2.17. The van der Waals surface area contributed by atoms with E-state index in [-0.39, 0.29) is 54.0 Å². The molecule has 6 unspecified atom stereocenters.